The minimum Gasteiger partial charge on any atom is -0.383 e. The van der Waals surface area contributed by atoms with Gasteiger partial charge in [0.05, 0.1) is 17.5 Å². The van der Waals surface area contributed by atoms with Gasteiger partial charge in [-0.05, 0) is 31.7 Å². The lowest BCUT2D eigenvalue weighted by atomic mass is 10.0. The second-order valence-electron chi connectivity index (χ2n) is 10.1. The van der Waals surface area contributed by atoms with Crippen LogP contribution in [0.1, 0.15) is 118 Å². The number of aromatic nitrogens is 3. The molecule has 0 atom stereocenters. The minimum absolute atomic E-state index is 0.197. The number of benzene rings is 1. The Morgan fingerprint density at radius 1 is 0.925 bits per heavy atom. The molecule has 1 aliphatic heterocycles. The van der Waals surface area contributed by atoms with E-state index in [1.807, 2.05) is 45.0 Å². The molecule has 226 valence electrons. The van der Waals surface area contributed by atoms with Crippen molar-refractivity contribution >= 4 is 16.7 Å². The fourth-order valence-electron chi connectivity index (χ4n) is 4.13. The summed E-state index contributed by atoms with van der Waals surface area (Å²) in [5.41, 5.74) is 8.96. The molecule has 6 nitrogen and oxygen atoms in total. The molecule has 4 rings (SSSR count). The van der Waals surface area contributed by atoms with Gasteiger partial charge in [-0.2, -0.15) is 0 Å². The zero-order valence-electron chi connectivity index (χ0n) is 26.8. The topological polar surface area (TPSA) is 93.9 Å². The fraction of sp³-hybridized carbons (Fsp3) is 0.618. The van der Waals surface area contributed by atoms with Gasteiger partial charge in [-0.1, -0.05) is 130 Å². The van der Waals surface area contributed by atoms with Crippen LogP contribution in [-0.4, -0.2) is 28.2 Å². The largest absolute Gasteiger partial charge is 0.383 e. The molecule has 0 aliphatic carbocycles. The maximum Gasteiger partial charge on any atom is 0.262 e. The highest BCUT2D eigenvalue weighted by Gasteiger charge is 2.09. The number of aromatic amines is 1. The van der Waals surface area contributed by atoms with Gasteiger partial charge in [0.15, 0.2) is 0 Å². The van der Waals surface area contributed by atoms with Crippen molar-refractivity contribution in [3.05, 3.63) is 52.6 Å². The van der Waals surface area contributed by atoms with E-state index in [0.29, 0.717) is 16.6 Å². The number of nitrogens with one attached hydrogen (secondary N) is 1. The van der Waals surface area contributed by atoms with E-state index in [0.717, 1.165) is 24.7 Å². The number of ether oxygens (including phenoxy) is 1. The van der Waals surface area contributed by atoms with Crippen LogP contribution in [0.4, 0.5) is 5.82 Å². The normalized spacial score (nSPS) is 11.7. The van der Waals surface area contributed by atoms with Crippen molar-refractivity contribution < 1.29 is 4.74 Å². The van der Waals surface area contributed by atoms with Crippen molar-refractivity contribution in [3.8, 4) is 11.3 Å². The Kier molecular flexibility index (Phi) is 22.5. The first-order valence-corrected chi connectivity index (χ1v) is 15.7. The van der Waals surface area contributed by atoms with Crippen LogP contribution in [0.25, 0.3) is 22.2 Å². The summed E-state index contributed by atoms with van der Waals surface area (Å²) in [5, 5.41) is 0.332. The molecular weight excluding hydrogens is 496 g/mol. The van der Waals surface area contributed by atoms with Crippen LogP contribution in [0.5, 0.6) is 0 Å². The molecule has 1 fully saturated rings. The van der Waals surface area contributed by atoms with Crippen LogP contribution in [0.3, 0.4) is 0 Å². The number of nitrogens with zero attached hydrogens (tertiary/aromatic N) is 2. The van der Waals surface area contributed by atoms with E-state index < -0.39 is 0 Å². The molecule has 0 radical (unpaired) electrons. The van der Waals surface area contributed by atoms with Crippen LogP contribution >= 0.6 is 0 Å². The molecule has 3 aromatic rings. The second-order valence-corrected chi connectivity index (χ2v) is 10.1. The summed E-state index contributed by atoms with van der Waals surface area (Å²) in [4.78, 5) is 22.6. The Morgan fingerprint density at radius 2 is 1.48 bits per heavy atom. The Hall–Kier alpha value is -2.73. The van der Waals surface area contributed by atoms with Crippen LogP contribution in [-0.2, 0) is 4.74 Å². The molecule has 6 heteroatoms. The van der Waals surface area contributed by atoms with Gasteiger partial charge in [0.2, 0.25) is 0 Å². The summed E-state index contributed by atoms with van der Waals surface area (Å²) in [6.07, 6.45) is 15.0. The number of rotatable bonds is 8. The zero-order valence-corrected chi connectivity index (χ0v) is 26.8. The molecule has 1 saturated heterocycles. The number of pyridine rings is 1. The predicted molar refractivity (Wildman–Crippen MR) is 175 cm³/mol. The standard InChI is InChI=1S/C14H12N4O.C8H18.C6H14.C4H8O.C2H6/c1-8-2-4-9(5-3-8)10-6-11-12(13(15)18-10)14(19)17-7-16-11;1-4-6-8(3)7-5-2;1-3-5-6-4-2;1-2-4-5-3-1;1-2/h2-7H,1H3,(H2,15,18)(H,16,17,19);8H,4-7H2,1-3H3;3-6H2,1-2H3;1-4H2;1-2H3. The zero-order chi connectivity index (χ0) is 30.2. The third-order valence-corrected chi connectivity index (χ3v) is 6.35. The first-order valence-electron chi connectivity index (χ1n) is 15.7. The number of nitrogens with two attached hydrogens (primary N) is 1. The van der Waals surface area contributed by atoms with E-state index in [1.54, 1.807) is 6.07 Å². The maximum absolute atomic E-state index is 11.7. The summed E-state index contributed by atoms with van der Waals surface area (Å²) in [7, 11) is 0. The molecule has 1 aliphatic rings. The molecule has 0 saturated carbocycles. The Balaban J connectivity index is 0.000000599. The quantitative estimate of drug-likeness (QED) is 0.270. The van der Waals surface area contributed by atoms with Gasteiger partial charge in [-0.15, -0.1) is 0 Å². The molecule has 0 spiro atoms. The van der Waals surface area contributed by atoms with E-state index in [4.69, 9.17) is 10.5 Å². The Labute approximate surface area is 244 Å². The highest BCUT2D eigenvalue weighted by Crippen LogP contribution is 2.23. The molecule has 0 unspecified atom stereocenters. The number of aryl methyl sites for hydroxylation is 1. The first kappa shape index (κ1) is 37.3. The summed E-state index contributed by atoms with van der Waals surface area (Å²) < 4.78 is 4.94. The molecule has 0 bridgehead atoms. The summed E-state index contributed by atoms with van der Waals surface area (Å²) in [5.74, 6) is 1.16. The lowest BCUT2D eigenvalue weighted by Gasteiger charge is -2.05. The molecule has 1 aromatic carbocycles. The SMILES string of the molecule is C1CCOC1.CC.CCCC(C)CCC.CCCCCC.Cc1ccc(-c2cc3nc[nH]c(=O)c3c(N)n2)cc1. The molecule has 40 heavy (non-hydrogen) atoms. The molecule has 0 amide bonds. The Morgan fingerprint density at radius 3 is 1.93 bits per heavy atom. The predicted octanol–water partition coefficient (Wildman–Crippen LogP) is 9.51. The minimum atomic E-state index is -0.273. The highest BCUT2D eigenvalue weighted by molar-refractivity contribution is 5.90. The van der Waals surface area contributed by atoms with E-state index in [-0.39, 0.29) is 11.4 Å². The van der Waals surface area contributed by atoms with Gasteiger partial charge in [-0.25, -0.2) is 9.97 Å². The Bertz CT molecular complexity index is 1040. The number of hydrogen-bond donors (Lipinski definition) is 2. The number of unbranched alkanes of at least 4 members (excludes halogenated alkanes) is 3. The number of nitrogen functional groups attached to an aromatic ring is 1. The van der Waals surface area contributed by atoms with Gasteiger partial charge < -0.3 is 15.5 Å². The average molecular weight is 555 g/mol. The monoisotopic (exact) mass is 554 g/mol. The van der Waals surface area contributed by atoms with Gasteiger partial charge in [-0.3, -0.25) is 4.79 Å². The molecule has 3 N–H and O–H groups in total. The number of fused-ring (bicyclic) bond motifs is 1. The van der Waals surface area contributed by atoms with Crippen molar-refractivity contribution in [2.45, 2.75) is 120 Å². The van der Waals surface area contributed by atoms with Gasteiger partial charge in [0.25, 0.3) is 5.56 Å². The number of anilines is 1. The highest BCUT2D eigenvalue weighted by atomic mass is 16.5. The smallest absolute Gasteiger partial charge is 0.262 e. The number of hydrogen-bond acceptors (Lipinski definition) is 5. The summed E-state index contributed by atoms with van der Waals surface area (Å²) >= 11 is 0. The van der Waals surface area contributed by atoms with Gasteiger partial charge >= 0.3 is 0 Å². The van der Waals surface area contributed by atoms with Crippen LogP contribution in [0, 0.1) is 12.8 Å². The third-order valence-electron chi connectivity index (χ3n) is 6.35. The van der Waals surface area contributed by atoms with Crippen molar-refractivity contribution in [1.82, 2.24) is 15.0 Å². The molecule has 2 aromatic heterocycles. The van der Waals surface area contributed by atoms with E-state index in [9.17, 15) is 4.79 Å². The van der Waals surface area contributed by atoms with Crippen molar-refractivity contribution in [2.75, 3.05) is 18.9 Å². The van der Waals surface area contributed by atoms with E-state index in [1.165, 1.54) is 76.1 Å². The lowest BCUT2D eigenvalue weighted by Crippen LogP contribution is -2.10. The second kappa shape index (κ2) is 24.1. The average Bonchev–Trinajstić information content (AvgIpc) is 3.55. The summed E-state index contributed by atoms with van der Waals surface area (Å²) in [6.45, 7) is 19.3. The summed E-state index contributed by atoms with van der Waals surface area (Å²) in [6, 6.07) is 9.71. The van der Waals surface area contributed by atoms with Gasteiger partial charge in [0.1, 0.15) is 11.2 Å². The maximum atomic E-state index is 11.7. The van der Waals surface area contributed by atoms with Crippen molar-refractivity contribution in [2.24, 2.45) is 5.92 Å². The van der Waals surface area contributed by atoms with E-state index in [2.05, 4.69) is 49.6 Å². The van der Waals surface area contributed by atoms with Crippen molar-refractivity contribution in [3.63, 3.8) is 0 Å². The third kappa shape index (κ3) is 15.8. The first-order chi connectivity index (χ1) is 19.4. The van der Waals surface area contributed by atoms with Crippen LogP contribution in [0.2, 0.25) is 0 Å². The lowest BCUT2D eigenvalue weighted by molar-refractivity contribution is 0.198. The van der Waals surface area contributed by atoms with Crippen molar-refractivity contribution in [1.29, 1.82) is 0 Å². The molecule has 3 heterocycles. The van der Waals surface area contributed by atoms with Gasteiger partial charge in [0, 0.05) is 18.8 Å². The van der Waals surface area contributed by atoms with E-state index >= 15 is 0 Å². The molecular formula is C34H58N4O2. The van der Waals surface area contributed by atoms with Crippen LogP contribution < -0.4 is 11.3 Å². The number of H-pyrrole nitrogens is 1. The fourth-order valence-corrected chi connectivity index (χ4v) is 4.13. The van der Waals surface area contributed by atoms with Crippen LogP contribution in [0.15, 0.2) is 41.5 Å².